The molecule has 0 aliphatic rings. The van der Waals surface area contributed by atoms with Crippen molar-refractivity contribution in [1.82, 2.24) is 15.0 Å². The Bertz CT molecular complexity index is 819. The summed E-state index contributed by atoms with van der Waals surface area (Å²) in [6.07, 6.45) is 0. The maximum absolute atomic E-state index is 11.9. The van der Waals surface area contributed by atoms with Crippen LogP contribution in [0.25, 0.3) is 11.3 Å². The Balaban J connectivity index is 1.87. The van der Waals surface area contributed by atoms with Crippen LogP contribution in [0.5, 0.6) is 0 Å². The van der Waals surface area contributed by atoms with E-state index >= 15 is 0 Å². The van der Waals surface area contributed by atoms with Crippen LogP contribution >= 0.6 is 11.8 Å². The fraction of sp³-hybridized carbons (Fsp3) is 0.211. The molecule has 3 rings (SSSR count). The Morgan fingerprint density at radius 2 is 1.76 bits per heavy atom. The van der Waals surface area contributed by atoms with Crippen molar-refractivity contribution in [3.63, 3.8) is 0 Å². The van der Waals surface area contributed by atoms with E-state index in [2.05, 4.69) is 22.4 Å². The third kappa shape index (κ3) is 4.48. The van der Waals surface area contributed by atoms with Crippen LogP contribution in [-0.4, -0.2) is 27.6 Å². The van der Waals surface area contributed by atoms with Crippen molar-refractivity contribution in [2.45, 2.75) is 24.2 Å². The number of carbonyl (C=O) groups is 1. The Kier molecular flexibility index (Phi) is 5.85. The summed E-state index contributed by atoms with van der Waals surface area (Å²) in [5.41, 5.74) is 2.97. The number of carbonyl (C=O) groups excluding carboxylic acids is 1. The average molecular weight is 353 g/mol. The molecule has 0 atom stereocenters. The van der Waals surface area contributed by atoms with Gasteiger partial charge in [0.05, 0.1) is 6.61 Å². The summed E-state index contributed by atoms with van der Waals surface area (Å²) in [6.45, 7) is 2.20. The molecule has 3 aromatic rings. The quantitative estimate of drug-likeness (QED) is 0.478. The Morgan fingerprint density at radius 3 is 2.44 bits per heavy atom. The van der Waals surface area contributed by atoms with E-state index in [0.29, 0.717) is 6.61 Å². The second-order valence-corrected chi connectivity index (χ2v) is 6.31. The summed E-state index contributed by atoms with van der Waals surface area (Å²) in [4.78, 5) is 11.9. The lowest BCUT2D eigenvalue weighted by Gasteiger charge is -2.08. The standard InChI is InChI=1S/C19H19N3O2S/c1-2-24-17(23)13-22-19(25-14-15-9-5-3-6-10-15)18(20-21-22)16-11-7-4-8-12-16/h3-12H,2,13-14H2,1H3. The number of rotatable bonds is 7. The number of nitrogens with zero attached hydrogens (tertiary/aromatic N) is 3. The smallest absolute Gasteiger partial charge is 0.327 e. The van der Waals surface area contributed by atoms with Gasteiger partial charge in [-0.25, -0.2) is 4.68 Å². The van der Waals surface area contributed by atoms with E-state index in [1.54, 1.807) is 23.4 Å². The molecule has 25 heavy (non-hydrogen) atoms. The van der Waals surface area contributed by atoms with Gasteiger partial charge in [0, 0.05) is 11.3 Å². The van der Waals surface area contributed by atoms with Gasteiger partial charge in [-0.15, -0.1) is 5.10 Å². The number of aromatic nitrogens is 3. The maximum atomic E-state index is 11.9. The first-order chi connectivity index (χ1) is 12.3. The van der Waals surface area contributed by atoms with Crippen molar-refractivity contribution in [3.05, 3.63) is 66.2 Å². The molecule has 6 heteroatoms. The number of esters is 1. The van der Waals surface area contributed by atoms with Crippen LogP contribution in [0.3, 0.4) is 0 Å². The topological polar surface area (TPSA) is 57.0 Å². The number of ether oxygens (including phenoxy) is 1. The molecule has 1 aromatic heterocycles. The normalized spacial score (nSPS) is 10.6. The summed E-state index contributed by atoms with van der Waals surface area (Å²) in [7, 11) is 0. The molecule has 0 unspecified atom stereocenters. The first-order valence-corrected chi connectivity index (χ1v) is 9.07. The van der Waals surface area contributed by atoms with Gasteiger partial charge in [0.2, 0.25) is 0 Å². The van der Waals surface area contributed by atoms with Gasteiger partial charge in [-0.2, -0.15) is 0 Å². The molecule has 1 heterocycles. The van der Waals surface area contributed by atoms with Gasteiger partial charge in [0.25, 0.3) is 0 Å². The van der Waals surface area contributed by atoms with Crippen LogP contribution in [-0.2, 0) is 21.8 Å². The maximum Gasteiger partial charge on any atom is 0.327 e. The van der Waals surface area contributed by atoms with Gasteiger partial charge >= 0.3 is 5.97 Å². The molecule has 5 nitrogen and oxygen atoms in total. The molecule has 0 aliphatic carbocycles. The van der Waals surface area contributed by atoms with Gasteiger partial charge in [0.1, 0.15) is 17.3 Å². The fourth-order valence-corrected chi connectivity index (χ4v) is 3.42. The van der Waals surface area contributed by atoms with Gasteiger partial charge < -0.3 is 4.74 Å². The molecule has 0 N–H and O–H groups in total. The summed E-state index contributed by atoms with van der Waals surface area (Å²) in [6, 6.07) is 20.1. The van der Waals surface area contributed by atoms with Gasteiger partial charge in [-0.1, -0.05) is 77.6 Å². The van der Waals surface area contributed by atoms with E-state index < -0.39 is 0 Å². The van der Waals surface area contributed by atoms with Crippen LogP contribution in [0.1, 0.15) is 12.5 Å². The minimum atomic E-state index is -0.312. The van der Waals surface area contributed by atoms with Gasteiger partial charge in [0.15, 0.2) is 0 Å². The monoisotopic (exact) mass is 353 g/mol. The lowest BCUT2D eigenvalue weighted by molar-refractivity contribution is -0.144. The molecule has 0 fully saturated rings. The van der Waals surface area contributed by atoms with E-state index in [1.165, 1.54) is 5.56 Å². The number of thioether (sulfide) groups is 1. The number of benzene rings is 2. The Hall–Kier alpha value is -2.60. The third-order valence-corrected chi connectivity index (χ3v) is 4.69. The molecule has 128 valence electrons. The number of hydrogen-bond donors (Lipinski definition) is 0. The molecule has 0 bridgehead atoms. The minimum absolute atomic E-state index is 0.0603. The predicted octanol–water partition coefficient (Wildman–Crippen LogP) is 3.80. The van der Waals surface area contributed by atoms with Crippen molar-refractivity contribution < 1.29 is 9.53 Å². The largest absolute Gasteiger partial charge is 0.465 e. The SMILES string of the molecule is CCOC(=O)Cn1nnc(-c2ccccc2)c1SCc1ccccc1. The fourth-order valence-electron chi connectivity index (χ4n) is 2.38. The van der Waals surface area contributed by atoms with Crippen molar-refractivity contribution in [2.24, 2.45) is 0 Å². The van der Waals surface area contributed by atoms with E-state index in [4.69, 9.17) is 4.74 Å². The van der Waals surface area contributed by atoms with Crippen molar-refractivity contribution in [1.29, 1.82) is 0 Å². The lowest BCUT2D eigenvalue weighted by atomic mass is 10.2. The molecule has 0 amide bonds. The van der Waals surface area contributed by atoms with Crippen molar-refractivity contribution in [2.75, 3.05) is 6.61 Å². The van der Waals surface area contributed by atoms with Crippen LogP contribution < -0.4 is 0 Å². The van der Waals surface area contributed by atoms with Gasteiger partial charge in [-0.05, 0) is 12.5 Å². The zero-order valence-electron chi connectivity index (χ0n) is 14.0. The highest BCUT2D eigenvalue weighted by molar-refractivity contribution is 7.98. The summed E-state index contributed by atoms with van der Waals surface area (Å²) in [5.74, 6) is 0.463. The van der Waals surface area contributed by atoms with Crippen molar-refractivity contribution >= 4 is 17.7 Å². The van der Waals surface area contributed by atoms with Gasteiger partial charge in [-0.3, -0.25) is 4.79 Å². The highest BCUT2D eigenvalue weighted by Crippen LogP contribution is 2.31. The van der Waals surface area contributed by atoms with Crippen LogP contribution in [0.15, 0.2) is 65.7 Å². The molecule has 2 aromatic carbocycles. The zero-order valence-corrected chi connectivity index (χ0v) is 14.8. The second-order valence-electron chi connectivity index (χ2n) is 5.35. The molecular weight excluding hydrogens is 334 g/mol. The lowest BCUT2D eigenvalue weighted by Crippen LogP contribution is -2.15. The minimum Gasteiger partial charge on any atom is -0.465 e. The first-order valence-electron chi connectivity index (χ1n) is 8.09. The highest BCUT2D eigenvalue weighted by Gasteiger charge is 2.17. The zero-order chi connectivity index (χ0) is 17.5. The second kappa shape index (κ2) is 8.48. The van der Waals surface area contributed by atoms with E-state index in [-0.39, 0.29) is 12.5 Å². The van der Waals surface area contributed by atoms with Crippen LogP contribution in [0.4, 0.5) is 0 Å². The van der Waals surface area contributed by atoms with Crippen LogP contribution in [0.2, 0.25) is 0 Å². The molecule has 0 spiro atoms. The van der Waals surface area contributed by atoms with E-state index in [0.717, 1.165) is 22.0 Å². The average Bonchev–Trinajstić information content (AvgIpc) is 3.04. The van der Waals surface area contributed by atoms with Crippen LogP contribution in [0, 0.1) is 0 Å². The number of hydrogen-bond acceptors (Lipinski definition) is 5. The predicted molar refractivity (Wildman–Crippen MR) is 98.1 cm³/mol. The molecule has 0 aliphatic heterocycles. The highest BCUT2D eigenvalue weighted by atomic mass is 32.2. The molecule has 0 saturated heterocycles. The Morgan fingerprint density at radius 1 is 1.08 bits per heavy atom. The first kappa shape index (κ1) is 17.2. The van der Waals surface area contributed by atoms with E-state index in [9.17, 15) is 4.79 Å². The Labute approximate surface area is 151 Å². The van der Waals surface area contributed by atoms with Crippen molar-refractivity contribution in [3.8, 4) is 11.3 Å². The third-order valence-electron chi connectivity index (χ3n) is 3.54. The summed E-state index contributed by atoms with van der Waals surface area (Å²) in [5, 5.41) is 9.33. The summed E-state index contributed by atoms with van der Waals surface area (Å²) < 4.78 is 6.66. The van der Waals surface area contributed by atoms with E-state index in [1.807, 2.05) is 48.5 Å². The summed E-state index contributed by atoms with van der Waals surface area (Å²) >= 11 is 1.62. The molecule has 0 saturated carbocycles. The molecular formula is C19H19N3O2S. The molecule has 0 radical (unpaired) electrons.